The van der Waals surface area contributed by atoms with Crippen molar-refractivity contribution >= 4 is 11.7 Å². The van der Waals surface area contributed by atoms with Crippen molar-refractivity contribution in [1.29, 1.82) is 0 Å². The Bertz CT molecular complexity index is 700. The standard InChI is InChI=1S/C19H24N4O2/c1-15-21-17(23-11-6-3-7-12-23)14-18(22-15)25-13-10-20-19(24)16-8-4-2-5-9-16/h2,4-5,8-9,14H,3,6-7,10-13H2,1H3,(H,20,24). The zero-order valence-electron chi connectivity index (χ0n) is 14.6. The molecule has 1 aliphatic rings. The number of aromatic nitrogens is 2. The number of nitrogens with zero attached hydrogens (tertiary/aromatic N) is 3. The smallest absolute Gasteiger partial charge is 0.251 e. The van der Waals surface area contributed by atoms with Crippen LogP contribution in [0.5, 0.6) is 5.88 Å². The first-order chi connectivity index (χ1) is 12.2. The number of aryl methyl sites for hydroxylation is 1. The van der Waals surface area contributed by atoms with Gasteiger partial charge in [0.1, 0.15) is 18.2 Å². The van der Waals surface area contributed by atoms with Crippen LogP contribution in [0.4, 0.5) is 5.82 Å². The molecule has 0 aliphatic carbocycles. The number of nitrogens with one attached hydrogen (secondary N) is 1. The van der Waals surface area contributed by atoms with Crippen molar-refractivity contribution in [2.45, 2.75) is 26.2 Å². The maximum atomic E-state index is 12.0. The minimum absolute atomic E-state index is 0.0999. The van der Waals surface area contributed by atoms with E-state index in [1.165, 1.54) is 19.3 Å². The second-order valence-electron chi connectivity index (χ2n) is 6.13. The Kier molecular flexibility index (Phi) is 5.82. The Morgan fingerprint density at radius 3 is 2.68 bits per heavy atom. The molecule has 1 amide bonds. The molecule has 0 unspecified atom stereocenters. The summed E-state index contributed by atoms with van der Waals surface area (Å²) in [5.41, 5.74) is 0.646. The van der Waals surface area contributed by atoms with Crippen molar-refractivity contribution in [3.63, 3.8) is 0 Å². The fraction of sp³-hybridized carbons (Fsp3) is 0.421. The summed E-state index contributed by atoms with van der Waals surface area (Å²) in [6.45, 7) is 4.73. The molecule has 1 N–H and O–H groups in total. The lowest BCUT2D eigenvalue weighted by Gasteiger charge is -2.28. The van der Waals surface area contributed by atoms with Gasteiger partial charge in [0.15, 0.2) is 0 Å². The van der Waals surface area contributed by atoms with E-state index in [0.29, 0.717) is 30.4 Å². The predicted octanol–water partition coefficient (Wildman–Crippen LogP) is 2.58. The number of ether oxygens (including phenoxy) is 1. The number of piperidine rings is 1. The van der Waals surface area contributed by atoms with Gasteiger partial charge < -0.3 is 15.0 Å². The minimum atomic E-state index is -0.0999. The number of hydrogen-bond acceptors (Lipinski definition) is 5. The fourth-order valence-electron chi connectivity index (χ4n) is 2.90. The molecule has 1 aromatic carbocycles. The highest BCUT2D eigenvalue weighted by Gasteiger charge is 2.14. The number of anilines is 1. The maximum Gasteiger partial charge on any atom is 0.251 e. The Balaban J connectivity index is 1.51. The average molecular weight is 340 g/mol. The Labute approximate surface area is 148 Å². The lowest BCUT2D eigenvalue weighted by atomic mass is 10.1. The average Bonchev–Trinajstić information content (AvgIpc) is 2.66. The first kappa shape index (κ1) is 17.2. The summed E-state index contributed by atoms with van der Waals surface area (Å²) in [7, 11) is 0. The molecule has 1 fully saturated rings. The molecule has 6 heteroatoms. The van der Waals surface area contributed by atoms with E-state index in [1.807, 2.05) is 31.2 Å². The zero-order chi connectivity index (χ0) is 17.5. The monoisotopic (exact) mass is 340 g/mol. The number of benzene rings is 1. The number of carbonyl (C=O) groups excluding carboxylic acids is 1. The molecule has 0 spiro atoms. The molecule has 0 atom stereocenters. The molecule has 0 saturated carbocycles. The van der Waals surface area contributed by atoms with Crippen molar-refractivity contribution < 1.29 is 9.53 Å². The van der Waals surface area contributed by atoms with Crippen molar-refractivity contribution in [2.75, 3.05) is 31.1 Å². The van der Waals surface area contributed by atoms with E-state index in [0.717, 1.165) is 18.9 Å². The number of rotatable bonds is 6. The van der Waals surface area contributed by atoms with Crippen LogP contribution >= 0.6 is 0 Å². The van der Waals surface area contributed by atoms with Gasteiger partial charge in [0.25, 0.3) is 5.91 Å². The van der Waals surface area contributed by atoms with Gasteiger partial charge in [0, 0.05) is 24.7 Å². The predicted molar refractivity (Wildman–Crippen MR) is 97.1 cm³/mol. The largest absolute Gasteiger partial charge is 0.476 e. The topological polar surface area (TPSA) is 67.3 Å². The van der Waals surface area contributed by atoms with Crippen LogP contribution in [0.15, 0.2) is 36.4 Å². The fourth-order valence-corrected chi connectivity index (χ4v) is 2.90. The van der Waals surface area contributed by atoms with Gasteiger partial charge in [-0.25, -0.2) is 4.98 Å². The summed E-state index contributed by atoms with van der Waals surface area (Å²) in [5, 5.41) is 2.84. The molecular weight excluding hydrogens is 316 g/mol. The van der Waals surface area contributed by atoms with Gasteiger partial charge in [-0.1, -0.05) is 18.2 Å². The van der Waals surface area contributed by atoms with Gasteiger partial charge in [-0.2, -0.15) is 4.98 Å². The summed E-state index contributed by atoms with van der Waals surface area (Å²) in [4.78, 5) is 23.1. The maximum absolute atomic E-state index is 12.0. The third kappa shape index (κ3) is 4.92. The number of hydrogen-bond donors (Lipinski definition) is 1. The van der Waals surface area contributed by atoms with E-state index < -0.39 is 0 Å². The molecule has 0 bridgehead atoms. The van der Waals surface area contributed by atoms with Crippen LogP contribution in [0.25, 0.3) is 0 Å². The first-order valence-corrected chi connectivity index (χ1v) is 8.79. The molecule has 132 valence electrons. The summed E-state index contributed by atoms with van der Waals surface area (Å²) in [6.07, 6.45) is 3.68. The Morgan fingerprint density at radius 2 is 1.92 bits per heavy atom. The summed E-state index contributed by atoms with van der Waals surface area (Å²) in [6, 6.07) is 11.0. The van der Waals surface area contributed by atoms with Crippen LogP contribution in [0, 0.1) is 6.92 Å². The highest BCUT2D eigenvalue weighted by Crippen LogP contribution is 2.21. The molecule has 2 heterocycles. The van der Waals surface area contributed by atoms with E-state index in [9.17, 15) is 4.79 Å². The van der Waals surface area contributed by atoms with Crippen LogP contribution in [0.3, 0.4) is 0 Å². The van der Waals surface area contributed by atoms with Crippen molar-refractivity contribution in [3.05, 3.63) is 47.8 Å². The summed E-state index contributed by atoms with van der Waals surface area (Å²) in [5.74, 6) is 2.08. The minimum Gasteiger partial charge on any atom is -0.476 e. The van der Waals surface area contributed by atoms with Crippen LogP contribution in [0.1, 0.15) is 35.4 Å². The van der Waals surface area contributed by atoms with Crippen LogP contribution < -0.4 is 15.0 Å². The molecule has 1 saturated heterocycles. The molecule has 1 aromatic heterocycles. The second-order valence-corrected chi connectivity index (χ2v) is 6.13. The highest BCUT2D eigenvalue weighted by atomic mass is 16.5. The van der Waals surface area contributed by atoms with Gasteiger partial charge in [-0.3, -0.25) is 4.79 Å². The first-order valence-electron chi connectivity index (χ1n) is 8.79. The Morgan fingerprint density at radius 1 is 1.16 bits per heavy atom. The zero-order valence-corrected chi connectivity index (χ0v) is 14.6. The lowest BCUT2D eigenvalue weighted by Crippen LogP contribution is -2.30. The van der Waals surface area contributed by atoms with Crippen LogP contribution in [-0.2, 0) is 0 Å². The van der Waals surface area contributed by atoms with E-state index in [4.69, 9.17) is 4.74 Å². The summed E-state index contributed by atoms with van der Waals surface area (Å²) < 4.78 is 5.71. The van der Waals surface area contributed by atoms with Crippen LogP contribution in [-0.4, -0.2) is 42.1 Å². The van der Waals surface area contributed by atoms with Gasteiger partial charge in [0.05, 0.1) is 6.54 Å². The molecule has 2 aromatic rings. The number of carbonyl (C=O) groups is 1. The third-order valence-corrected chi connectivity index (χ3v) is 4.15. The van der Waals surface area contributed by atoms with E-state index in [1.54, 1.807) is 12.1 Å². The Hall–Kier alpha value is -2.63. The molecular formula is C19H24N4O2. The molecule has 0 radical (unpaired) electrons. The van der Waals surface area contributed by atoms with Crippen molar-refractivity contribution in [2.24, 2.45) is 0 Å². The van der Waals surface area contributed by atoms with E-state index >= 15 is 0 Å². The van der Waals surface area contributed by atoms with Crippen molar-refractivity contribution in [1.82, 2.24) is 15.3 Å². The highest BCUT2D eigenvalue weighted by molar-refractivity contribution is 5.94. The molecule has 6 nitrogen and oxygen atoms in total. The van der Waals surface area contributed by atoms with E-state index in [-0.39, 0.29) is 5.91 Å². The second kappa shape index (κ2) is 8.46. The van der Waals surface area contributed by atoms with Crippen LogP contribution in [0.2, 0.25) is 0 Å². The molecule has 3 rings (SSSR count). The lowest BCUT2D eigenvalue weighted by molar-refractivity contribution is 0.0946. The normalized spacial score (nSPS) is 14.2. The van der Waals surface area contributed by atoms with E-state index in [2.05, 4.69) is 20.2 Å². The molecule has 25 heavy (non-hydrogen) atoms. The van der Waals surface area contributed by atoms with Gasteiger partial charge in [-0.05, 0) is 38.3 Å². The van der Waals surface area contributed by atoms with Gasteiger partial charge >= 0.3 is 0 Å². The van der Waals surface area contributed by atoms with Gasteiger partial charge in [0.2, 0.25) is 5.88 Å². The molecule has 1 aliphatic heterocycles. The quantitative estimate of drug-likeness (QED) is 0.819. The van der Waals surface area contributed by atoms with Gasteiger partial charge in [-0.15, -0.1) is 0 Å². The number of amides is 1. The SMILES string of the molecule is Cc1nc(OCCNC(=O)c2ccccc2)cc(N2CCCCC2)n1. The third-order valence-electron chi connectivity index (χ3n) is 4.15. The summed E-state index contributed by atoms with van der Waals surface area (Å²) >= 11 is 0. The van der Waals surface area contributed by atoms with Crippen molar-refractivity contribution in [3.8, 4) is 5.88 Å².